The largest absolute Gasteiger partial charge is 0.478 e. The zero-order chi connectivity index (χ0) is 15.4. The van der Waals surface area contributed by atoms with Crippen LogP contribution >= 0.6 is 0 Å². The Morgan fingerprint density at radius 2 is 2.00 bits per heavy atom. The van der Waals surface area contributed by atoms with E-state index in [2.05, 4.69) is 32.3 Å². The Morgan fingerprint density at radius 3 is 2.48 bits per heavy atom. The number of nitrogens with zero attached hydrogens (tertiary/aromatic N) is 2. The van der Waals surface area contributed by atoms with Gasteiger partial charge >= 0.3 is 5.97 Å². The number of aromatic carboxylic acids is 1. The maximum Gasteiger partial charge on any atom is 0.335 e. The van der Waals surface area contributed by atoms with Gasteiger partial charge in [-0.2, -0.15) is 0 Å². The van der Waals surface area contributed by atoms with Gasteiger partial charge in [0.1, 0.15) is 5.82 Å². The summed E-state index contributed by atoms with van der Waals surface area (Å²) >= 11 is 0. The molecule has 0 spiro atoms. The topological polar surface area (TPSA) is 55.1 Å². The molecule has 1 aromatic heterocycles. The fraction of sp³-hybridized carbons (Fsp3) is 0.529. The van der Waals surface area contributed by atoms with Crippen molar-refractivity contribution in [2.45, 2.75) is 57.9 Å². The minimum atomic E-state index is -0.888. The lowest BCUT2D eigenvalue weighted by molar-refractivity contribution is 0.0697. The summed E-state index contributed by atoms with van der Waals surface area (Å²) in [7, 11) is 0. The van der Waals surface area contributed by atoms with Gasteiger partial charge in [-0.05, 0) is 44.4 Å². The second kappa shape index (κ2) is 4.33. The highest BCUT2D eigenvalue weighted by molar-refractivity contribution is 5.92. The molecule has 21 heavy (non-hydrogen) atoms. The average molecular weight is 286 g/mol. The normalized spacial score (nSPS) is 17.7. The molecule has 3 rings (SSSR count). The van der Waals surface area contributed by atoms with Crippen LogP contribution in [0.1, 0.15) is 63.1 Å². The maximum absolute atomic E-state index is 11.3. The number of rotatable bonds is 2. The van der Waals surface area contributed by atoms with Gasteiger partial charge in [0, 0.05) is 11.0 Å². The molecule has 2 aromatic rings. The van der Waals surface area contributed by atoms with Gasteiger partial charge in [-0.3, -0.25) is 0 Å². The van der Waals surface area contributed by atoms with E-state index in [0.29, 0.717) is 5.56 Å². The third-order valence-electron chi connectivity index (χ3n) is 4.54. The Labute approximate surface area is 124 Å². The minimum Gasteiger partial charge on any atom is -0.478 e. The summed E-state index contributed by atoms with van der Waals surface area (Å²) < 4.78 is 2.29. The number of carbonyl (C=O) groups is 1. The van der Waals surface area contributed by atoms with Crippen molar-refractivity contribution in [1.29, 1.82) is 0 Å². The van der Waals surface area contributed by atoms with Gasteiger partial charge in [0.25, 0.3) is 0 Å². The molecule has 0 aliphatic heterocycles. The standard InChI is InChI=1S/C17H22N2O2/c1-16(2,3)15-18-12-7-6-11(14(20)21)10-13(12)19(15)17(4)8-5-9-17/h6-7,10H,5,8-9H2,1-4H3,(H,20,21). The molecule has 0 saturated heterocycles. The van der Waals surface area contributed by atoms with E-state index in [-0.39, 0.29) is 11.0 Å². The van der Waals surface area contributed by atoms with Crippen LogP contribution in [-0.2, 0) is 11.0 Å². The molecule has 0 unspecified atom stereocenters. The summed E-state index contributed by atoms with van der Waals surface area (Å²) in [4.78, 5) is 16.1. The average Bonchev–Trinajstić information content (AvgIpc) is 2.74. The van der Waals surface area contributed by atoms with Gasteiger partial charge in [-0.25, -0.2) is 9.78 Å². The molecule has 0 amide bonds. The van der Waals surface area contributed by atoms with Crippen LogP contribution in [0.4, 0.5) is 0 Å². The fourth-order valence-corrected chi connectivity index (χ4v) is 3.17. The lowest BCUT2D eigenvalue weighted by Gasteiger charge is -2.43. The third-order valence-corrected chi connectivity index (χ3v) is 4.54. The van der Waals surface area contributed by atoms with Gasteiger partial charge in [0.2, 0.25) is 0 Å². The SMILES string of the molecule is CC(C)(C)c1nc2ccc(C(=O)O)cc2n1C1(C)CCC1. The van der Waals surface area contributed by atoms with Gasteiger partial charge in [0.05, 0.1) is 16.6 Å². The zero-order valence-electron chi connectivity index (χ0n) is 13.1. The molecular formula is C17H22N2O2. The number of benzene rings is 1. The van der Waals surface area contributed by atoms with Gasteiger partial charge in [-0.15, -0.1) is 0 Å². The predicted octanol–water partition coefficient (Wildman–Crippen LogP) is 3.93. The monoisotopic (exact) mass is 286 g/mol. The van der Waals surface area contributed by atoms with E-state index in [9.17, 15) is 9.90 Å². The zero-order valence-corrected chi connectivity index (χ0v) is 13.1. The molecular weight excluding hydrogens is 264 g/mol. The number of hydrogen-bond donors (Lipinski definition) is 1. The van der Waals surface area contributed by atoms with Crippen LogP contribution in [0, 0.1) is 0 Å². The van der Waals surface area contributed by atoms with Crippen LogP contribution in [0.15, 0.2) is 18.2 Å². The van der Waals surface area contributed by atoms with Crippen molar-refractivity contribution < 1.29 is 9.90 Å². The highest BCUT2D eigenvalue weighted by Gasteiger charge is 2.39. The van der Waals surface area contributed by atoms with Gasteiger partial charge < -0.3 is 9.67 Å². The molecule has 0 atom stereocenters. The molecule has 1 fully saturated rings. The molecule has 0 bridgehead atoms. The Kier molecular flexibility index (Phi) is 2.91. The molecule has 1 saturated carbocycles. The molecule has 4 heteroatoms. The van der Waals surface area contributed by atoms with Gasteiger partial charge in [0.15, 0.2) is 0 Å². The van der Waals surface area contributed by atoms with Crippen molar-refractivity contribution in [1.82, 2.24) is 9.55 Å². The number of carboxylic acid groups (broad SMARTS) is 1. The van der Waals surface area contributed by atoms with Crippen LogP contribution in [0.5, 0.6) is 0 Å². The molecule has 4 nitrogen and oxygen atoms in total. The highest BCUT2D eigenvalue weighted by atomic mass is 16.4. The Hall–Kier alpha value is -1.84. The number of fused-ring (bicyclic) bond motifs is 1. The van der Waals surface area contributed by atoms with E-state index in [0.717, 1.165) is 29.7 Å². The van der Waals surface area contributed by atoms with Crippen LogP contribution in [0.3, 0.4) is 0 Å². The molecule has 1 aromatic carbocycles. The van der Waals surface area contributed by atoms with Crippen molar-refractivity contribution >= 4 is 17.0 Å². The second-order valence-electron chi connectivity index (χ2n) is 7.38. The van der Waals surface area contributed by atoms with Crippen molar-refractivity contribution in [2.75, 3.05) is 0 Å². The first-order valence-electron chi connectivity index (χ1n) is 7.49. The number of aromatic nitrogens is 2. The Bertz CT molecular complexity index is 718. The molecule has 0 radical (unpaired) electrons. The third kappa shape index (κ3) is 2.13. The highest BCUT2D eigenvalue weighted by Crippen LogP contribution is 2.43. The Morgan fingerprint density at radius 1 is 1.33 bits per heavy atom. The van der Waals surface area contributed by atoms with Crippen molar-refractivity contribution in [2.24, 2.45) is 0 Å². The summed E-state index contributed by atoms with van der Waals surface area (Å²) in [5.74, 6) is 0.156. The predicted molar refractivity (Wildman–Crippen MR) is 82.9 cm³/mol. The van der Waals surface area contributed by atoms with Crippen molar-refractivity contribution in [3.05, 3.63) is 29.6 Å². The maximum atomic E-state index is 11.3. The van der Waals surface area contributed by atoms with Crippen LogP contribution < -0.4 is 0 Å². The molecule has 1 heterocycles. The Balaban J connectivity index is 2.32. The summed E-state index contributed by atoms with van der Waals surface area (Å²) in [5, 5.41) is 9.25. The van der Waals surface area contributed by atoms with E-state index in [4.69, 9.17) is 4.98 Å². The molecule has 1 aliphatic rings. The number of imidazole rings is 1. The summed E-state index contributed by atoms with van der Waals surface area (Å²) in [6.07, 6.45) is 3.47. The lowest BCUT2D eigenvalue weighted by atomic mass is 9.77. The summed E-state index contributed by atoms with van der Waals surface area (Å²) in [5.41, 5.74) is 2.15. The van der Waals surface area contributed by atoms with Gasteiger partial charge in [-0.1, -0.05) is 20.8 Å². The van der Waals surface area contributed by atoms with Crippen LogP contribution in [0.25, 0.3) is 11.0 Å². The molecule has 1 aliphatic carbocycles. The lowest BCUT2D eigenvalue weighted by Crippen LogP contribution is -2.40. The van der Waals surface area contributed by atoms with Crippen LogP contribution in [0.2, 0.25) is 0 Å². The first kappa shape index (κ1) is 14.1. The fourth-order valence-electron chi connectivity index (χ4n) is 3.17. The first-order valence-corrected chi connectivity index (χ1v) is 7.49. The summed E-state index contributed by atoms with van der Waals surface area (Å²) in [6, 6.07) is 5.23. The number of hydrogen-bond acceptors (Lipinski definition) is 2. The second-order valence-corrected chi connectivity index (χ2v) is 7.38. The van der Waals surface area contributed by atoms with E-state index in [1.165, 1.54) is 6.42 Å². The minimum absolute atomic E-state index is 0.0640. The van der Waals surface area contributed by atoms with Crippen molar-refractivity contribution in [3.63, 3.8) is 0 Å². The van der Waals surface area contributed by atoms with E-state index in [1.807, 2.05) is 6.07 Å². The van der Waals surface area contributed by atoms with E-state index >= 15 is 0 Å². The number of carboxylic acids is 1. The molecule has 1 N–H and O–H groups in total. The van der Waals surface area contributed by atoms with E-state index in [1.54, 1.807) is 12.1 Å². The smallest absolute Gasteiger partial charge is 0.335 e. The van der Waals surface area contributed by atoms with E-state index < -0.39 is 5.97 Å². The quantitative estimate of drug-likeness (QED) is 0.910. The summed E-state index contributed by atoms with van der Waals surface area (Å²) in [6.45, 7) is 8.72. The first-order chi connectivity index (χ1) is 9.72. The molecule has 112 valence electrons. The van der Waals surface area contributed by atoms with Crippen LogP contribution in [-0.4, -0.2) is 20.6 Å². The van der Waals surface area contributed by atoms with Crippen molar-refractivity contribution in [3.8, 4) is 0 Å².